The maximum Gasteiger partial charge on any atom is 0.371 e. The van der Waals surface area contributed by atoms with Gasteiger partial charge in [0.2, 0.25) is 5.76 Å². The van der Waals surface area contributed by atoms with Crippen LogP contribution in [0.25, 0.3) is 0 Å². The van der Waals surface area contributed by atoms with E-state index >= 15 is 0 Å². The van der Waals surface area contributed by atoms with Crippen molar-refractivity contribution in [3.05, 3.63) is 23.7 Å². The van der Waals surface area contributed by atoms with Crippen LogP contribution in [0, 0.1) is 5.92 Å². The number of furan rings is 1. The van der Waals surface area contributed by atoms with Gasteiger partial charge >= 0.3 is 5.97 Å². The second-order valence-electron chi connectivity index (χ2n) is 4.09. The first kappa shape index (κ1) is 11.2. The van der Waals surface area contributed by atoms with Crippen molar-refractivity contribution in [3.8, 4) is 0 Å². The van der Waals surface area contributed by atoms with E-state index in [0.717, 1.165) is 6.42 Å². The lowest BCUT2D eigenvalue weighted by Crippen LogP contribution is -2.12. The highest BCUT2D eigenvalue weighted by atomic mass is 16.5. The molecule has 0 amide bonds. The van der Waals surface area contributed by atoms with Crippen molar-refractivity contribution >= 4 is 5.97 Å². The van der Waals surface area contributed by atoms with Crippen LogP contribution >= 0.6 is 0 Å². The number of ether oxygens (including phenoxy) is 1. The number of hydrogen-bond donors (Lipinski definition) is 2. The Balaban J connectivity index is 2.08. The van der Waals surface area contributed by atoms with Crippen molar-refractivity contribution in [2.45, 2.75) is 25.6 Å². The topological polar surface area (TPSA) is 79.9 Å². The molecule has 0 saturated carbocycles. The summed E-state index contributed by atoms with van der Waals surface area (Å²) in [4.78, 5) is 10.6. The largest absolute Gasteiger partial charge is 0.475 e. The highest BCUT2D eigenvalue weighted by Crippen LogP contribution is 2.32. The van der Waals surface area contributed by atoms with E-state index in [-0.39, 0.29) is 17.8 Å². The Kier molecular flexibility index (Phi) is 2.98. The molecule has 88 valence electrons. The minimum Gasteiger partial charge on any atom is -0.475 e. The van der Waals surface area contributed by atoms with Gasteiger partial charge in [-0.3, -0.25) is 0 Å². The molecule has 3 atom stereocenters. The van der Waals surface area contributed by atoms with E-state index in [9.17, 15) is 9.90 Å². The molecule has 1 aromatic heterocycles. The van der Waals surface area contributed by atoms with E-state index in [1.807, 2.05) is 6.92 Å². The molecule has 5 heteroatoms. The van der Waals surface area contributed by atoms with Crippen LogP contribution in [0.1, 0.15) is 35.8 Å². The van der Waals surface area contributed by atoms with Crippen molar-refractivity contribution in [3.63, 3.8) is 0 Å². The minimum absolute atomic E-state index is 0.0252. The Bertz CT molecular complexity index is 383. The smallest absolute Gasteiger partial charge is 0.371 e. The molecule has 16 heavy (non-hydrogen) atoms. The first-order valence-corrected chi connectivity index (χ1v) is 5.20. The quantitative estimate of drug-likeness (QED) is 0.815. The number of aliphatic hydroxyl groups is 1. The number of carboxylic acids is 1. The average Bonchev–Trinajstić information content (AvgIpc) is 2.84. The Morgan fingerprint density at radius 2 is 2.31 bits per heavy atom. The summed E-state index contributed by atoms with van der Waals surface area (Å²) >= 11 is 0. The van der Waals surface area contributed by atoms with Gasteiger partial charge in [0.05, 0.1) is 12.7 Å². The maximum atomic E-state index is 10.6. The number of carboxylic acid groups (broad SMARTS) is 1. The molecule has 0 radical (unpaired) electrons. The van der Waals surface area contributed by atoms with Gasteiger partial charge in [-0.05, 0) is 25.5 Å². The second-order valence-corrected chi connectivity index (χ2v) is 4.09. The molecule has 0 aromatic carbocycles. The van der Waals surface area contributed by atoms with Crippen molar-refractivity contribution < 1.29 is 24.2 Å². The zero-order valence-corrected chi connectivity index (χ0v) is 8.92. The van der Waals surface area contributed by atoms with Crippen molar-refractivity contribution in [2.75, 3.05) is 6.61 Å². The average molecular weight is 226 g/mol. The van der Waals surface area contributed by atoms with E-state index in [2.05, 4.69) is 0 Å². The first-order chi connectivity index (χ1) is 7.58. The number of carbonyl (C=O) groups is 1. The van der Waals surface area contributed by atoms with E-state index in [1.165, 1.54) is 12.1 Å². The number of aliphatic hydroxyl groups excluding tert-OH is 1. The summed E-state index contributed by atoms with van der Waals surface area (Å²) in [5, 5.41) is 18.7. The van der Waals surface area contributed by atoms with Gasteiger partial charge in [-0.25, -0.2) is 4.79 Å². The van der Waals surface area contributed by atoms with Gasteiger partial charge in [-0.1, -0.05) is 0 Å². The summed E-state index contributed by atoms with van der Waals surface area (Å²) in [5.41, 5.74) is 0. The van der Waals surface area contributed by atoms with Gasteiger partial charge in [-0.2, -0.15) is 0 Å². The fourth-order valence-electron chi connectivity index (χ4n) is 1.93. The lowest BCUT2D eigenvalue weighted by Gasteiger charge is -2.13. The monoisotopic (exact) mass is 226 g/mol. The van der Waals surface area contributed by atoms with Gasteiger partial charge in [-0.15, -0.1) is 0 Å². The normalized spacial score (nSPS) is 26.9. The third-order valence-corrected chi connectivity index (χ3v) is 2.81. The van der Waals surface area contributed by atoms with Crippen LogP contribution in [0.4, 0.5) is 0 Å². The molecular weight excluding hydrogens is 212 g/mol. The minimum atomic E-state index is -1.13. The van der Waals surface area contributed by atoms with E-state index in [4.69, 9.17) is 14.3 Å². The predicted octanol–water partition coefficient (Wildman–Crippen LogP) is 1.44. The third-order valence-electron chi connectivity index (χ3n) is 2.81. The fraction of sp³-hybridized carbons (Fsp3) is 0.545. The van der Waals surface area contributed by atoms with Gasteiger partial charge < -0.3 is 19.4 Å². The summed E-state index contributed by atoms with van der Waals surface area (Å²) in [6, 6.07) is 2.84. The molecule has 1 saturated heterocycles. The molecule has 3 unspecified atom stereocenters. The van der Waals surface area contributed by atoms with Crippen LogP contribution in [-0.4, -0.2) is 28.9 Å². The van der Waals surface area contributed by atoms with Crippen LogP contribution in [0.5, 0.6) is 0 Å². The van der Waals surface area contributed by atoms with Gasteiger partial charge in [0.25, 0.3) is 0 Å². The summed E-state index contributed by atoms with van der Waals surface area (Å²) in [5.74, 6) is -1.02. The third kappa shape index (κ3) is 2.10. The lowest BCUT2D eigenvalue weighted by atomic mass is 9.98. The molecule has 2 rings (SSSR count). The number of rotatable bonds is 3. The summed E-state index contributed by atoms with van der Waals surface area (Å²) in [7, 11) is 0. The van der Waals surface area contributed by atoms with Crippen molar-refractivity contribution in [2.24, 2.45) is 5.92 Å². The molecule has 1 fully saturated rings. The SMILES string of the molecule is CC1CC(C(O)c2ccc(C(=O)O)o2)CO1. The predicted molar refractivity (Wildman–Crippen MR) is 54.1 cm³/mol. The first-order valence-electron chi connectivity index (χ1n) is 5.20. The van der Waals surface area contributed by atoms with Gasteiger partial charge in [0.15, 0.2) is 0 Å². The fourth-order valence-corrected chi connectivity index (χ4v) is 1.93. The van der Waals surface area contributed by atoms with Crippen molar-refractivity contribution in [1.29, 1.82) is 0 Å². The molecule has 0 aliphatic carbocycles. The zero-order valence-electron chi connectivity index (χ0n) is 8.92. The Hall–Kier alpha value is -1.33. The standard InChI is InChI=1S/C11H14O5/c1-6-4-7(5-15-6)10(12)8-2-3-9(16-8)11(13)14/h2-3,6-7,10,12H,4-5H2,1H3,(H,13,14). The van der Waals surface area contributed by atoms with Crippen molar-refractivity contribution in [1.82, 2.24) is 0 Å². The van der Waals surface area contributed by atoms with Crippen LogP contribution in [0.3, 0.4) is 0 Å². The molecule has 2 heterocycles. The Morgan fingerprint density at radius 1 is 1.56 bits per heavy atom. The molecular formula is C11H14O5. The zero-order chi connectivity index (χ0) is 11.7. The summed E-state index contributed by atoms with van der Waals surface area (Å²) < 4.78 is 10.4. The highest BCUT2D eigenvalue weighted by molar-refractivity contribution is 5.84. The van der Waals surface area contributed by atoms with Gasteiger partial charge in [0.1, 0.15) is 11.9 Å². The lowest BCUT2D eigenvalue weighted by molar-refractivity contribution is 0.0587. The molecule has 5 nitrogen and oxygen atoms in total. The summed E-state index contributed by atoms with van der Waals surface area (Å²) in [6.07, 6.45) is 0.0937. The Labute approximate surface area is 92.6 Å². The Morgan fingerprint density at radius 3 is 2.81 bits per heavy atom. The van der Waals surface area contributed by atoms with Crippen LogP contribution < -0.4 is 0 Å². The van der Waals surface area contributed by atoms with Crippen LogP contribution in [-0.2, 0) is 4.74 Å². The summed E-state index contributed by atoms with van der Waals surface area (Å²) in [6.45, 7) is 2.42. The highest BCUT2D eigenvalue weighted by Gasteiger charge is 2.31. The van der Waals surface area contributed by atoms with E-state index < -0.39 is 12.1 Å². The molecule has 0 spiro atoms. The van der Waals surface area contributed by atoms with Crippen LogP contribution in [0.15, 0.2) is 16.5 Å². The molecule has 0 bridgehead atoms. The molecule has 2 N–H and O–H groups in total. The number of aromatic carboxylic acids is 1. The molecule has 1 aliphatic heterocycles. The second kappa shape index (κ2) is 4.27. The van der Waals surface area contributed by atoms with E-state index in [1.54, 1.807) is 0 Å². The number of hydrogen-bond acceptors (Lipinski definition) is 4. The maximum absolute atomic E-state index is 10.6. The molecule has 1 aromatic rings. The van der Waals surface area contributed by atoms with Crippen LogP contribution in [0.2, 0.25) is 0 Å². The van der Waals surface area contributed by atoms with E-state index in [0.29, 0.717) is 12.4 Å². The van der Waals surface area contributed by atoms with Gasteiger partial charge in [0, 0.05) is 5.92 Å². The molecule has 1 aliphatic rings.